The second kappa shape index (κ2) is 7.53. The van der Waals surface area contributed by atoms with Crippen molar-refractivity contribution in [3.63, 3.8) is 0 Å². The number of aryl methyl sites for hydroxylation is 1. The number of hydrogen-bond donors (Lipinski definition) is 1. The summed E-state index contributed by atoms with van der Waals surface area (Å²) in [6.07, 6.45) is 2.14. The van der Waals surface area contributed by atoms with Crippen molar-refractivity contribution in [3.05, 3.63) is 71.2 Å². The molecule has 5 heteroatoms. The van der Waals surface area contributed by atoms with Crippen LogP contribution < -0.4 is 0 Å². The van der Waals surface area contributed by atoms with Crippen molar-refractivity contribution in [1.82, 2.24) is 9.88 Å². The highest BCUT2D eigenvalue weighted by atomic mass is 19.1. The van der Waals surface area contributed by atoms with Crippen LogP contribution in [0.15, 0.2) is 48.7 Å². The minimum Gasteiger partial charge on any atom is -0.378 e. The van der Waals surface area contributed by atoms with E-state index in [4.69, 9.17) is 4.74 Å². The number of hydrogen-bond acceptors (Lipinski definition) is 2. The smallest absolute Gasteiger partial charge is 0.223 e. The van der Waals surface area contributed by atoms with Crippen LogP contribution in [0.1, 0.15) is 29.0 Å². The number of H-pyrrole nitrogens is 1. The van der Waals surface area contributed by atoms with Crippen LogP contribution in [0.5, 0.6) is 0 Å². The standard InChI is InChI=1S/C22H23FN2O2/c1-15-6-7-20(23)18(12-15)17(13-22(26)25-8-10-27-11-9-25)19-14-24-21-5-3-2-4-16(19)21/h2-7,12,14,17,24H,8-11,13H2,1H3/t17-/m1/s1. The topological polar surface area (TPSA) is 45.3 Å². The van der Waals surface area contributed by atoms with E-state index in [0.29, 0.717) is 31.9 Å². The molecule has 2 aromatic carbocycles. The number of carbonyl (C=O) groups is 1. The molecule has 2 heterocycles. The zero-order valence-corrected chi connectivity index (χ0v) is 15.4. The van der Waals surface area contributed by atoms with E-state index in [2.05, 4.69) is 4.98 Å². The van der Waals surface area contributed by atoms with Gasteiger partial charge >= 0.3 is 0 Å². The van der Waals surface area contributed by atoms with Crippen LogP contribution in [0.25, 0.3) is 10.9 Å². The molecule has 4 nitrogen and oxygen atoms in total. The predicted octanol–water partition coefficient (Wildman–Crippen LogP) is 4.00. The molecular formula is C22H23FN2O2. The second-order valence-electron chi connectivity index (χ2n) is 7.06. The number of carbonyl (C=O) groups excluding carboxylic acids is 1. The van der Waals surface area contributed by atoms with Crippen molar-refractivity contribution in [2.45, 2.75) is 19.3 Å². The van der Waals surface area contributed by atoms with Gasteiger partial charge in [0, 0.05) is 42.5 Å². The van der Waals surface area contributed by atoms with Gasteiger partial charge in [-0.25, -0.2) is 4.39 Å². The van der Waals surface area contributed by atoms with E-state index in [1.54, 1.807) is 6.07 Å². The Morgan fingerprint density at radius 2 is 1.96 bits per heavy atom. The monoisotopic (exact) mass is 366 g/mol. The molecular weight excluding hydrogens is 343 g/mol. The van der Waals surface area contributed by atoms with E-state index >= 15 is 0 Å². The van der Waals surface area contributed by atoms with Crippen LogP contribution in [0, 0.1) is 12.7 Å². The van der Waals surface area contributed by atoms with Gasteiger partial charge < -0.3 is 14.6 Å². The summed E-state index contributed by atoms with van der Waals surface area (Å²) >= 11 is 0. The number of amides is 1. The first kappa shape index (κ1) is 17.7. The number of halogens is 1. The van der Waals surface area contributed by atoms with Gasteiger partial charge in [0.1, 0.15) is 5.82 Å². The highest BCUT2D eigenvalue weighted by Gasteiger charge is 2.27. The first-order valence-corrected chi connectivity index (χ1v) is 9.31. The van der Waals surface area contributed by atoms with Crippen molar-refractivity contribution in [2.75, 3.05) is 26.3 Å². The molecule has 0 unspecified atom stereocenters. The van der Waals surface area contributed by atoms with Gasteiger partial charge in [-0.05, 0) is 30.2 Å². The Hall–Kier alpha value is -2.66. The molecule has 0 radical (unpaired) electrons. The predicted molar refractivity (Wildman–Crippen MR) is 103 cm³/mol. The Morgan fingerprint density at radius 1 is 1.19 bits per heavy atom. The SMILES string of the molecule is Cc1ccc(F)c([C@@H](CC(=O)N2CCOCC2)c2c[nH]c3ccccc23)c1. The highest BCUT2D eigenvalue weighted by Crippen LogP contribution is 2.35. The molecule has 1 fully saturated rings. The maximum Gasteiger partial charge on any atom is 0.223 e. The van der Waals surface area contributed by atoms with E-state index in [9.17, 15) is 9.18 Å². The molecule has 1 aliphatic heterocycles. The van der Waals surface area contributed by atoms with Gasteiger partial charge in [0.05, 0.1) is 13.2 Å². The average molecular weight is 366 g/mol. The Labute approximate surface area is 157 Å². The molecule has 1 saturated heterocycles. The summed E-state index contributed by atoms with van der Waals surface area (Å²) in [5, 5.41) is 1.03. The van der Waals surface area contributed by atoms with Crippen LogP contribution >= 0.6 is 0 Å². The molecule has 4 rings (SSSR count). The Kier molecular flexibility index (Phi) is 4.94. The van der Waals surface area contributed by atoms with Crippen LogP contribution in [0.2, 0.25) is 0 Å². The van der Waals surface area contributed by atoms with Gasteiger partial charge in [0.2, 0.25) is 5.91 Å². The molecule has 0 aliphatic carbocycles. The summed E-state index contributed by atoms with van der Waals surface area (Å²) in [4.78, 5) is 18.0. The quantitative estimate of drug-likeness (QED) is 0.759. The first-order valence-electron chi connectivity index (χ1n) is 9.31. The van der Waals surface area contributed by atoms with E-state index in [1.807, 2.05) is 48.4 Å². The molecule has 1 N–H and O–H groups in total. The summed E-state index contributed by atoms with van der Waals surface area (Å²) in [5.41, 5.74) is 3.50. The molecule has 0 bridgehead atoms. The average Bonchev–Trinajstić information content (AvgIpc) is 3.12. The van der Waals surface area contributed by atoms with E-state index in [-0.39, 0.29) is 24.1 Å². The lowest BCUT2D eigenvalue weighted by atomic mass is 9.86. The van der Waals surface area contributed by atoms with Crippen LogP contribution in [0.3, 0.4) is 0 Å². The first-order chi connectivity index (χ1) is 13.1. The number of para-hydroxylation sites is 1. The molecule has 1 aromatic heterocycles. The van der Waals surface area contributed by atoms with Crippen LogP contribution in [0.4, 0.5) is 4.39 Å². The van der Waals surface area contributed by atoms with Crippen molar-refractivity contribution >= 4 is 16.8 Å². The Balaban J connectivity index is 1.75. The normalized spacial score (nSPS) is 15.9. The van der Waals surface area contributed by atoms with Crippen molar-refractivity contribution < 1.29 is 13.9 Å². The number of nitrogens with one attached hydrogen (secondary N) is 1. The number of aromatic nitrogens is 1. The number of nitrogens with zero attached hydrogens (tertiary/aromatic N) is 1. The van der Waals surface area contributed by atoms with E-state index in [0.717, 1.165) is 22.0 Å². The minimum absolute atomic E-state index is 0.0366. The Morgan fingerprint density at radius 3 is 2.78 bits per heavy atom. The van der Waals surface area contributed by atoms with Gasteiger partial charge in [0.25, 0.3) is 0 Å². The molecule has 1 amide bonds. The number of rotatable bonds is 4. The number of morpholine rings is 1. The summed E-state index contributed by atoms with van der Waals surface area (Å²) < 4.78 is 20.1. The van der Waals surface area contributed by atoms with Crippen molar-refractivity contribution in [3.8, 4) is 0 Å². The van der Waals surface area contributed by atoms with Crippen LogP contribution in [-0.2, 0) is 9.53 Å². The van der Waals surface area contributed by atoms with E-state index < -0.39 is 0 Å². The summed E-state index contributed by atoms with van der Waals surface area (Å²) in [5.74, 6) is -0.573. The van der Waals surface area contributed by atoms with Gasteiger partial charge in [-0.15, -0.1) is 0 Å². The van der Waals surface area contributed by atoms with Crippen molar-refractivity contribution in [2.24, 2.45) is 0 Å². The largest absolute Gasteiger partial charge is 0.378 e. The van der Waals surface area contributed by atoms with Crippen molar-refractivity contribution in [1.29, 1.82) is 0 Å². The fourth-order valence-electron chi connectivity index (χ4n) is 3.82. The maximum atomic E-state index is 14.7. The molecule has 0 saturated carbocycles. The molecule has 3 aromatic rings. The highest BCUT2D eigenvalue weighted by molar-refractivity contribution is 5.86. The molecule has 140 valence electrons. The van der Waals surface area contributed by atoms with Gasteiger partial charge in [0.15, 0.2) is 0 Å². The van der Waals surface area contributed by atoms with Crippen LogP contribution in [-0.4, -0.2) is 42.1 Å². The fourth-order valence-corrected chi connectivity index (χ4v) is 3.82. The number of ether oxygens (including phenoxy) is 1. The zero-order chi connectivity index (χ0) is 18.8. The third kappa shape index (κ3) is 3.60. The summed E-state index contributed by atoms with van der Waals surface area (Å²) in [6.45, 7) is 4.25. The number of aromatic amines is 1. The lowest BCUT2D eigenvalue weighted by molar-refractivity contribution is -0.135. The Bertz CT molecular complexity index is 960. The van der Waals surface area contributed by atoms with Gasteiger partial charge in [-0.1, -0.05) is 35.9 Å². The number of fused-ring (bicyclic) bond motifs is 1. The third-order valence-corrected chi connectivity index (χ3v) is 5.27. The second-order valence-corrected chi connectivity index (χ2v) is 7.06. The minimum atomic E-state index is -0.337. The van der Waals surface area contributed by atoms with E-state index in [1.165, 1.54) is 6.07 Å². The third-order valence-electron chi connectivity index (χ3n) is 5.27. The van der Waals surface area contributed by atoms with Gasteiger partial charge in [-0.2, -0.15) is 0 Å². The lowest BCUT2D eigenvalue weighted by Gasteiger charge is -2.29. The van der Waals surface area contributed by atoms with Gasteiger partial charge in [-0.3, -0.25) is 4.79 Å². The summed E-state index contributed by atoms with van der Waals surface area (Å²) in [6, 6.07) is 13.0. The molecule has 1 atom stereocenters. The lowest BCUT2D eigenvalue weighted by Crippen LogP contribution is -2.41. The molecule has 27 heavy (non-hydrogen) atoms. The zero-order valence-electron chi connectivity index (χ0n) is 15.4. The molecule has 0 spiro atoms. The fraction of sp³-hybridized carbons (Fsp3) is 0.318. The molecule has 1 aliphatic rings. The maximum absolute atomic E-state index is 14.7. The summed E-state index contributed by atoms with van der Waals surface area (Å²) in [7, 11) is 0. The number of benzene rings is 2.